The SMILES string of the molecule is NS(=O)(=O)c1ccc(CCNC(=O)COC(=O)CCSc2ccccc2)cc1. The fraction of sp³-hybridized carbons (Fsp3) is 0.263. The molecule has 0 bridgehead atoms. The van der Waals surface area contributed by atoms with Gasteiger partial charge in [-0.1, -0.05) is 30.3 Å². The molecule has 0 aliphatic rings. The van der Waals surface area contributed by atoms with E-state index in [0.29, 0.717) is 18.7 Å². The molecule has 2 aromatic carbocycles. The van der Waals surface area contributed by atoms with E-state index in [1.165, 1.54) is 12.1 Å². The maximum absolute atomic E-state index is 11.7. The monoisotopic (exact) mass is 422 g/mol. The van der Waals surface area contributed by atoms with Crippen LogP contribution in [0.2, 0.25) is 0 Å². The number of thioether (sulfide) groups is 1. The Balaban J connectivity index is 1.60. The number of hydrogen-bond acceptors (Lipinski definition) is 6. The highest BCUT2D eigenvalue weighted by molar-refractivity contribution is 7.99. The molecule has 9 heteroatoms. The molecule has 28 heavy (non-hydrogen) atoms. The van der Waals surface area contributed by atoms with Crippen LogP contribution in [0.3, 0.4) is 0 Å². The van der Waals surface area contributed by atoms with Crippen molar-refractivity contribution in [3.05, 3.63) is 60.2 Å². The summed E-state index contributed by atoms with van der Waals surface area (Å²) in [5.41, 5.74) is 0.850. The van der Waals surface area contributed by atoms with Gasteiger partial charge in [0.15, 0.2) is 6.61 Å². The molecule has 0 saturated carbocycles. The zero-order valence-corrected chi connectivity index (χ0v) is 16.8. The lowest BCUT2D eigenvalue weighted by Crippen LogP contribution is -2.30. The van der Waals surface area contributed by atoms with E-state index < -0.39 is 16.0 Å². The van der Waals surface area contributed by atoms with E-state index >= 15 is 0 Å². The summed E-state index contributed by atoms with van der Waals surface area (Å²) in [7, 11) is -3.71. The third-order valence-corrected chi connectivity index (χ3v) is 5.61. The molecule has 3 N–H and O–H groups in total. The van der Waals surface area contributed by atoms with Crippen LogP contribution in [-0.4, -0.2) is 39.2 Å². The van der Waals surface area contributed by atoms with Crippen molar-refractivity contribution in [2.75, 3.05) is 18.9 Å². The van der Waals surface area contributed by atoms with Gasteiger partial charge in [-0.3, -0.25) is 9.59 Å². The van der Waals surface area contributed by atoms with Gasteiger partial charge in [-0.05, 0) is 36.2 Å². The van der Waals surface area contributed by atoms with Crippen LogP contribution in [0.1, 0.15) is 12.0 Å². The zero-order valence-electron chi connectivity index (χ0n) is 15.2. The minimum absolute atomic E-state index is 0.0395. The Hall–Kier alpha value is -2.36. The second-order valence-electron chi connectivity index (χ2n) is 5.86. The van der Waals surface area contributed by atoms with Crippen molar-refractivity contribution in [1.82, 2.24) is 5.32 Å². The lowest BCUT2D eigenvalue weighted by Gasteiger charge is -2.07. The molecule has 0 fully saturated rings. The first-order chi connectivity index (χ1) is 13.3. The maximum atomic E-state index is 11.7. The van der Waals surface area contributed by atoms with Crippen molar-refractivity contribution in [2.45, 2.75) is 22.6 Å². The second kappa shape index (κ2) is 10.8. The smallest absolute Gasteiger partial charge is 0.307 e. The lowest BCUT2D eigenvalue weighted by molar-refractivity contribution is -0.148. The van der Waals surface area contributed by atoms with E-state index in [4.69, 9.17) is 9.88 Å². The van der Waals surface area contributed by atoms with Crippen molar-refractivity contribution < 1.29 is 22.7 Å². The number of carbonyl (C=O) groups is 2. The summed E-state index contributed by atoms with van der Waals surface area (Å²) in [5.74, 6) is -0.221. The van der Waals surface area contributed by atoms with Crippen molar-refractivity contribution >= 4 is 33.7 Å². The quantitative estimate of drug-likeness (QED) is 0.445. The third-order valence-electron chi connectivity index (χ3n) is 3.67. The average Bonchev–Trinajstić information content (AvgIpc) is 2.67. The van der Waals surface area contributed by atoms with Crippen molar-refractivity contribution in [3.63, 3.8) is 0 Å². The van der Waals surface area contributed by atoms with Gasteiger partial charge in [0.1, 0.15) is 0 Å². The first-order valence-electron chi connectivity index (χ1n) is 8.56. The van der Waals surface area contributed by atoms with Gasteiger partial charge in [0.05, 0.1) is 11.3 Å². The minimum Gasteiger partial charge on any atom is -0.456 e. The zero-order chi connectivity index (χ0) is 20.4. The molecule has 0 aliphatic carbocycles. The van der Waals surface area contributed by atoms with E-state index in [1.807, 2.05) is 30.3 Å². The number of esters is 1. The number of ether oxygens (including phenoxy) is 1. The van der Waals surface area contributed by atoms with Gasteiger partial charge < -0.3 is 10.1 Å². The van der Waals surface area contributed by atoms with Gasteiger partial charge >= 0.3 is 5.97 Å². The van der Waals surface area contributed by atoms with Gasteiger partial charge in [-0.25, -0.2) is 13.6 Å². The topological polar surface area (TPSA) is 116 Å². The number of amides is 1. The molecule has 7 nitrogen and oxygen atoms in total. The number of primary sulfonamides is 1. The van der Waals surface area contributed by atoms with Crippen LogP contribution in [-0.2, 0) is 30.8 Å². The molecule has 2 aromatic rings. The lowest BCUT2D eigenvalue weighted by atomic mass is 10.1. The van der Waals surface area contributed by atoms with Crippen molar-refractivity contribution in [1.29, 1.82) is 0 Å². The molecule has 0 aromatic heterocycles. The molecule has 0 saturated heterocycles. The number of rotatable bonds is 10. The third kappa shape index (κ3) is 8.12. The highest BCUT2D eigenvalue weighted by Gasteiger charge is 2.09. The highest BCUT2D eigenvalue weighted by Crippen LogP contribution is 2.17. The first kappa shape index (κ1) is 21.9. The summed E-state index contributed by atoms with van der Waals surface area (Å²) in [6, 6.07) is 15.8. The predicted octanol–water partition coefficient (Wildman–Crippen LogP) is 1.72. The molecular weight excluding hydrogens is 400 g/mol. The van der Waals surface area contributed by atoms with Gasteiger partial charge in [-0.15, -0.1) is 11.8 Å². The molecule has 0 spiro atoms. The number of hydrogen-bond donors (Lipinski definition) is 2. The van der Waals surface area contributed by atoms with E-state index in [0.717, 1.165) is 10.5 Å². The largest absolute Gasteiger partial charge is 0.456 e. The minimum atomic E-state index is -3.71. The molecule has 0 atom stereocenters. The summed E-state index contributed by atoms with van der Waals surface area (Å²) in [6.07, 6.45) is 0.738. The van der Waals surface area contributed by atoms with E-state index in [1.54, 1.807) is 23.9 Å². The number of nitrogens with one attached hydrogen (secondary N) is 1. The van der Waals surface area contributed by atoms with E-state index in [9.17, 15) is 18.0 Å². The number of sulfonamides is 1. The van der Waals surface area contributed by atoms with Crippen LogP contribution in [0.4, 0.5) is 0 Å². The predicted molar refractivity (Wildman–Crippen MR) is 107 cm³/mol. The molecular formula is C19H22N2O5S2. The van der Waals surface area contributed by atoms with Crippen molar-refractivity contribution in [2.24, 2.45) is 5.14 Å². The summed E-state index contributed by atoms with van der Waals surface area (Å²) in [4.78, 5) is 24.5. The second-order valence-corrected chi connectivity index (χ2v) is 8.59. The highest BCUT2D eigenvalue weighted by atomic mass is 32.2. The maximum Gasteiger partial charge on any atom is 0.307 e. The number of nitrogens with two attached hydrogens (primary N) is 1. The first-order valence-corrected chi connectivity index (χ1v) is 11.1. The van der Waals surface area contributed by atoms with Crippen LogP contribution in [0.15, 0.2) is 64.4 Å². The standard InChI is InChI=1S/C19H22N2O5S2/c20-28(24,25)17-8-6-15(7-9-17)10-12-21-18(22)14-26-19(23)11-13-27-16-4-2-1-3-5-16/h1-9H,10-14H2,(H,21,22)(H2,20,24,25). The normalized spacial score (nSPS) is 11.0. The summed E-state index contributed by atoms with van der Waals surface area (Å²) in [6.45, 7) is 0.0220. The van der Waals surface area contributed by atoms with Crippen LogP contribution in [0, 0.1) is 0 Å². The molecule has 0 unspecified atom stereocenters. The molecule has 0 heterocycles. The fourth-order valence-electron chi connectivity index (χ4n) is 2.23. The molecule has 1 amide bonds. The van der Waals surface area contributed by atoms with Crippen LogP contribution >= 0.6 is 11.8 Å². The molecule has 150 valence electrons. The Bertz CT molecular complexity index is 884. The molecule has 0 radical (unpaired) electrons. The van der Waals surface area contributed by atoms with Crippen LogP contribution in [0.25, 0.3) is 0 Å². The summed E-state index contributed by atoms with van der Waals surface area (Å²) in [5, 5.41) is 7.69. The average molecular weight is 423 g/mol. The van der Waals surface area contributed by atoms with Gasteiger partial charge in [0, 0.05) is 17.2 Å². The molecule has 0 aliphatic heterocycles. The van der Waals surface area contributed by atoms with Crippen molar-refractivity contribution in [3.8, 4) is 0 Å². The van der Waals surface area contributed by atoms with E-state index in [-0.39, 0.29) is 23.8 Å². The van der Waals surface area contributed by atoms with E-state index in [2.05, 4.69) is 5.32 Å². The Labute approximate surface area is 168 Å². The van der Waals surface area contributed by atoms with Gasteiger partial charge in [0.2, 0.25) is 10.0 Å². The number of benzene rings is 2. The number of carbonyl (C=O) groups excluding carboxylic acids is 2. The van der Waals surface area contributed by atoms with Crippen LogP contribution in [0.5, 0.6) is 0 Å². The van der Waals surface area contributed by atoms with Crippen LogP contribution < -0.4 is 10.5 Å². The fourth-order valence-corrected chi connectivity index (χ4v) is 3.60. The Morgan fingerprint density at radius 2 is 1.71 bits per heavy atom. The summed E-state index contributed by atoms with van der Waals surface area (Å²) >= 11 is 1.55. The van der Waals surface area contributed by atoms with Gasteiger partial charge in [0.25, 0.3) is 5.91 Å². The Morgan fingerprint density at radius 1 is 1.04 bits per heavy atom. The summed E-state index contributed by atoms with van der Waals surface area (Å²) < 4.78 is 27.3. The Kier molecular flexibility index (Phi) is 8.49. The van der Waals surface area contributed by atoms with Gasteiger partial charge in [-0.2, -0.15) is 0 Å². The Morgan fingerprint density at radius 3 is 2.36 bits per heavy atom. The molecule has 2 rings (SSSR count).